The summed E-state index contributed by atoms with van der Waals surface area (Å²) in [5.74, 6) is 0.699. The molecule has 4 nitrogen and oxygen atoms in total. The Morgan fingerprint density at radius 2 is 1.72 bits per heavy atom. The Kier molecular flexibility index (Phi) is 5.52. The molecule has 0 radical (unpaired) electrons. The maximum absolute atomic E-state index is 13.0. The SMILES string of the molecule is Cc1ccc(-c2cc(C(=O)N3CCC(Cc4ccccc4)CC3)nn2C)cc1C. The Hall–Kier alpha value is -2.88. The summed E-state index contributed by atoms with van der Waals surface area (Å²) in [6.45, 7) is 5.84. The van der Waals surface area contributed by atoms with Gasteiger partial charge in [-0.2, -0.15) is 5.10 Å². The Morgan fingerprint density at radius 3 is 2.41 bits per heavy atom. The molecule has 2 aromatic carbocycles. The smallest absolute Gasteiger partial charge is 0.274 e. The van der Waals surface area contributed by atoms with Crippen molar-refractivity contribution in [1.29, 1.82) is 0 Å². The lowest BCUT2D eigenvalue weighted by Crippen LogP contribution is -2.39. The van der Waals surface area contributed by atoms with E-state index in [1.54, 1.807) is 0 Å². The average molecular weight is 388 g/mol. The minimum absolute atomic E-state index is 0.0499. The van der Waals surface area contributed by atoms with E-state index in [0.717, 1.165) is 43.6 Å². The first-order valence-corrected chi connectivity index (χ1v) is 10.5. The van der Waals surface area contributed by atoms with Gasteiger partial charge in [0.2, 0.25) is 0 Å². The van der Waals surface area contributed by atoms with Gasteiger partial charge >= 0.3 is 0 Å². The van der Waals surface area contributed by atoms with E-state index in [4.69, 9.17) is 0 Å². The zero-order chi connectivity index (χ0) is 20.4. The van der Waals surface area contributed by atoms with Crippen LogP contribution < -0.4 is 0 Å². The molecule has 1 aliphatic rings. The first-order chi connectivity index (χ1) is 14.0. The lowest BCUT2D eigenvalue weighted by molar-refractivity contribution is 0.0684. The number of benzene rings is 2. The predicted molar refractivity (Wildman–Crippen MR) is 117 cm³/mol. The number of hydrogen-bond donors (Lipinski definition) is 0. The van der Waals surface area contributed by atoms with Gasteiger partial charge in [0.25, 0.3) is 5.91 Å². The minimum atomic E-state index is 0.0499. The Balaban J connectivity index is 1.42. The fraction of sp³-hybridized carbons (Fsp3) is 0.360. The van der Waals surface area contributed by atoms with Crippen LogP contribution in [0.15, 0.2) is 54.6 Å². The number of carbonyl (C=O) groups is 1. The molecule has 1 fully saturated rings. The molecule has 0 spiro atoms. The molecule has 3 aromatic rings. The van der Waals surface area contributed by atoms with E-state index in [0.29, 0.717) is 11.6 Å². The van der Waals surface area contributed by atoms with Crippen LogP contribution in [0, 0.1) is 19.8 Å². The highest BCUT2D eigenvalue weighted by molar-refractivity contribution is 5.93. The number of carbonyl (C=O) groups excluding carboxylic acids is 1. The molecule has 0 aliphatic carbocycles. The topological polar surface area (TPSA) is 38.1 Å². The van der Waals surface area contributed by atoms with E-state index in [1.165, 1.54) is 16.7 Å². The van der Waals surface area contributed by atoms with Gasteiger partial charge < -0.3 is 4.90 Å². The number of amides is 1. The van der Waals surface area contributed by atoms with E-state index in [1.807, 2.05) is 22.7 Å². The molecule has 0 atom stereocenters. The Bertz CT molecular complexity index is 998. The Morgan fingerprint density at radius 1 is 1.00 bits per heavy atom. The van der Waals surface area contributed by atoms with Crippen LogP contribution in [-0.2, 0) is 13.5 Å². The Labute approximate surface area is 173 Å². The van der Waals surface area contributed by atoms with Gasteiger partial charge in [0.1, 0.15) is 0 Å². The molecule has 1 saturated heterocycles. The quantitative estimate of drug-likeness (QED) is 0.645. The van der Waals surface area contributed by atoms with Gasteiger partial charge in [-0.1, -0.05) is 42.5 Å². The fourth-order valence-electron chi connectivity index (χ4n) is 4.19. The van der Waals surface area contributed by atoms with Gasteiger partial charge in [-0.15, -0.1) is 0 Å². The highest BCUT2D eigenvalue weighted by Gasteiger charge is 2.26. The summed E-state index contributed by atoms with van der Waals surface area (Å²) in [4.78, 5) is 15.0. The molecule has 0 unspecified atom stereocenters. The summed E-state index contributed by atoms with van der Waals surface area (Å²) in [5.41, 5.74) is 6.53. The predicted octanol–water partition coefficient (Wildman–Crippen LogP) is 4.80. The van der Waals surface area contributed by atoms with Crippen molar-refractivity contribution in [2.75, 3.05) is 13.1 Å². The molecular formula is C25H29N3O. The number of hydrogen-bond acceptors (Lipinski definition) is 2. The molecule has 1 aromatic heterocycles. The van der Waals surface area contributed by atoms with Gasteiger partial charge in [-0.3, -0.25) is 9.48 Å². The molecule has 4 rings (SSSR count). The molecule has 0 N–H and O–H groups in total. The molecule has 0 bridgehead atoms. The maximum Gasteiger partial charge on any atom is 0.274 e. The molecule has 150 valence electrons. The normalized spacial score (nSPS) is 14.9. The van der Waals surface area contributed by atoms with Crippen LogP contribution in [0.2, 0.25) is 0 Å². The summed E-state index contributed by atoms with van der Waals surface area (Å²) in [7, 11) is 1.91. The van der Waals surface area contributed by atoms with Crippen molar-refractivity contribution in [2.24, 2.45) is 13.0 Å². The van der Waals surface area contributed by atoms with Crippen molar-refractivity contribution in [2.45, 2.75) is 33.1 Å². The van der Waals surface area contributed by atoms with E-state index in [9.17, 15) is 4.79 Å². The largest absolute Gasteiger partial charge is 0.337 e. The third-order valence-corrected chi connectivity index (χ3v) is 6.17. The zero-order valence-corrected chi connectivity index (χ0v) is 17.6. The maximum atomic E-state index is 13.0. The van der Waals surface area contributed by atoms with Gasteiger partial charge in [0.15, 0.2) is 5.69 Å². The molecule has 2 heterocycles. The van der Waals surface area contributed by atoms with Gasteiger partial charge in [0.05, 0.1) is 5.69 Å². The first-order valence-electron chi connectivity index (χ1n) is 10.5. The van der Waals surface area contributed by atoms with Crippen LogP contribution in [0.25, 0.3) is 11.3 Å². The zero-order valence-electron chi connectivity index (χ0n) is 17.6. The number of nitrogens with zero attached hydrogens (tertiary/aromatic N) is 3. The van der Waals surface area contributed by atoms with Crippen molar-refractivity contribution in [3.63, 3.8) is 0 Å². The number of piperidine rings is 1. The highest BCUT2D eigenvalue weighted by atomic mass is 16.2. The highest BCUT2D eigenvalue weighted by Crippen LogP contribution is 2.25. The first kappa shape index (κ1) is 19.4. The van der Waals surface area contributed by atoms with E-state index >= 15 is 0 Å². The second-order valence-corrected chi connectivity index (χ2v) is 8.26. The van der Waals surface area contributed by atoms with Gasteiger partial charge in [-0.25, -0.2) is 0 Å². The lowest BCUT2D eigenvalue weighted by Gasteiger charge is -2.31. The molecule has 29 heavy (non-hydrogen) atoms. The second-order valence-electron chi connectivity index (χ2n) is 8.26. The van der Waals surface area contributed by atoms with Crippen LogP contribution >= 0.6 is 0 Å². The van der Waals surface area contributed by atoms with Gasteiger partial charge in [-0.05, 0) is 67.9 Å². The van der Waals surface area contributed by atoms with Crippen LogP contribution in [0.1, 0.15) is 40.0 Å². The minimum Gasteiger partial charge on any atom is -0.337 e. The summed E-state index contributed by atoms with van der Waals surface area (Å²) >= 11 is 0. The summed E-state index contributed by atoms with van der Waals surface area (Å²) in [6.07, 6.45) is 3.21. The monoisotopic (exact) mass is 387 g/mol. The van der Waals surface area contributed by atoms with Crippen molar-refractivity contribution < 1.29 is 4.79 Å². The molecule has 1 aliphatic heterocycles. The average Bonchev–Trinajstić information content (AvgIpc) is 3.12. The van der Waals surface area contributed by atoms with E-state index in [-0.39, 0.29) is 5.91 Å². The lowest BCUT2D eigenvalue weighted by atomic mass is 9.90. The van der Waals surface area contributed by atoms with Crippen molar-refractivity contribution in [3.8, 4) is 11.3 Å². The third kappa shape index (κ3) is 4.26. The van der Waals surface area contributed by atoms with Gasteiger partial charge in [0, 0.05) is 25.7 Å². The van der Waals surface area contributed by atoms with Crippen LogP contribution in [-0.4, -0.2) is 33.7 Å². The fourth-order valence-corrected chi connectivity index (χ4v) is 4.19. The van der Waals surface area contributed by atoms with Crippen molar-refractivity contribution in [3.05, 3.63) is 77.0 Å². The van der Waals surface area contributed by atoms with Crippen LogP contribution in [0.4, 0.5) is 0 Å². The number of aryl methyl sites for hydroxylation is 3. The number of aromatic nitrogens is 2. The molecule has 0 saturated carbocycles. The third-order valence-electron chi connectivity index (χ3n) is 6.17. The van der Waals surface area contributed by atoms with Crippen molar-refractivity contribution >= 4 is 5.91 Å². The van der Waals surface area contributed by atoms with E-state index < -0.39 is 0 Å². The second kappa shape index (κ2) is 8.24. The summed E-state index contributed by atoms with van der Waals surface area (Å²) in [6, 6.07) is 19.0. The number of rotatable bonds is 4. The molecule has 4 heteroatoms. The molecule has 1 amide bonds. The standard InChI is InChI=1S/C25H29N3O/c1-18-9-10-22(15-19(18)2)24-17-23(26-27(24)3)25(29)28-13-11-21(12-14-28)16-20-7-5-4-6-8-20/h4-10,15,17,21H,11-14,16H2,1-3H3. The summed E-state index contributed by atoms with van der Waals surface area (Å²) in [5, 5.41) is 4.53. The number of likely N-dealkylation sites (tertiary alicyclic amines) is 1. The summed E-state index contributed by atoms with van der Waals surface area (Å²) < 4.78 is 1.82. The van der Waals surface area contributed by atoms with Crippen molar-refractivity contribution in [1.82, 2.24) is 14.7 Å². The van der Waals surface area contributed by atoms with E-state index in [2.05, 4.69) is 67.5 Å². The van der Waals surface area contributed by atoms with Crippen LogP contribution in [0.3, 0.4) is 0 Å². The van der Waals surface area contributed by atoms with Crippen LogP contribution in [0.5, 0.6) is 0 Å². The molecular weight excluding hydrogens is 358 g/mol.